The molecular formula is C39H41Br3N4O5S. The van der Waals surface area contributed by atoms with E-state index in [2.05, 4.69) is 76.4 Å². The molecule has 0 fully saturated rings. The Morgan fingerprint density at radius 3 is 2.54 bits per heavy atom. The van der Waals surface area contributed by atoms with Crippen LogP contribution in [0.1, 0.15) is 74.1 Å². The summed E-state index contributed by atoms with van der Waals surface area (Å²) in [4.78, 5) is 32.6. The molecule has 0 saturated carbocycles. The number of hydrogen-bond donors (Lipinski definition) is 3. The van der Waals surface area contributed by atoms with Crippen LogP contribution in [0.2, 0.25) is 0 Å². The molecule has 0 spiro atoms. The highest BCUT2D eigenvalue weighted by molar-refractivity contribution is 9.11. The largest absolute Gasteiger partial charge is 0.506 e. The molecular weight excluding hydrogens is 876 g/mol. The number of thiazole rings is 1. The fraction of sp³-hybridized carbons (Fsp3) is 0.359. The van der Waals surface area contributed by atoms with Gasteiger partial charge in [-0.1, -0.05) is 41.6 Å². The Morgan fingerprint density at radius 2 is 1.81 bits per heavy atom. The average molecular weight is 918 g/mol. The number of phenolic OH excluding ortho intramolecular Hbond substituents is 1. The van der Waals surface area contributed by atoms with Gasteiger partial charge in [0.05, 0.1) is 28.3 Å². The van der Waals surface area contributed by atoms with Gasteiger partial charge in [0.1, 0.15) is 5.75 Å². The van der Waals surface area contributed by atoms with Gasteiger partial charge in [-0.15, -0.1) is 11.3 Å². The lowest BCUT2D eigenvalue weighted by Crippen LogP contribution is -2.47. The number of phenols is 1. The number of nitrogens with one attached hydrogen (secondary N) is 2. The number of benzene rings is 3. The van der Waals surface area contributed by atoms with Gasteiger partial charge >= 0.3 is 0 Å². The van der Waals surface area contributed by atoms with Crippen LogP contribution in [0.4, 0.5) is 10.8 Å². The molecule has 0 aliphatic carbocycles. The first kappa shape index (κ1) is 38.5. The standard InChI is InChI=1S/C39H41Br3N4O5S/c1-39(23-35(47)45-38-43-13-16-52-38)29-22-34(33(50-2)20-25(29)11-12-44-39)51-15-8-6-4-3-5-7-14-46-32-10-9-26(40)21-27(32)28(37(46)49)17-24-18-30(41)36(48)31(42)19-24/h9-10,13,16-22,44,48H,3-8,11-12,14-15,23H2,1-2H3,(H,43,45,47). The predicted octanol–water partition coefficient (Wildman–Crippen LogP) is 9.84. The second-order valence-corrected chi connectivity index (χ2v) is 16.7. The number of amides is 2. The minimum absolute atomic E-state index is 0.0155. The molecule has 52 heavy (non-hydrogen) atoms. The SMILES string of the molecule is COc1cc2c(cc1OCCCCCCCCN1C(=O)C(=Cc3cc(Br)c(O)c(Br)c3)c3cc(Br)ccc31)C(C)(CC(=O)Nc1nccs1)NCC2. The third-order valence-electron chi connectivity index (χ3n) is 9.49. The van der Waals surface area contributed by atoms with E-state index in [0.717, 1.165) is 83.9 Å². The molecule has 1 atom stereocenters. The number of unbranched alkanes of at least 4 members (excludes halogenated alkanes) is 5. The third kappa shape index (κ3) is 8.93. The zero-order chi connectivity index (χ0) is 36.8. The minimum atomic E-state index is -0.544. The van der Waals surface area contributed by atoms with E-state index in [1.54, 1.807) is 25.4 Å². The molecule has 3 heterocycles. The number of methoxy groups -OCH3 is 1. The Bertz CT molecular complexity index is 1950. The van der Waals surface area contributed by atoms with Gasteiger partial charge in [0, 0.05) is 52.2 Å². The molecule has 274 valence electrons. The van der Waals surface area contributed by atoms with Gasteiger partial charge in [-0.3, -0.25) is 9.59 Å². The lowest BCUT2D eigenvalue weighted by molar-refractivity contribution is -0.117. The van der Waals surface area contributed by atoms with Crippen molar-refractivity contribution < 1.29 is 24.2 Å². The molecule has 0 saturated heterocycles. The Labute approximate surface area is 333 Å². The third-order valence-corrected chi connectivity index (χ3v) is 11.9. The smallest absolute Gasteiger partial charge is 0.258 e. The molecule has 2 amide bonds. The van der Waals surface area contributed by atoms with Gasteiger partial charge in [-0.2, -0.15) is 0 Å². The van der Waals surface area contributed by atoms with Gasteiger partial charge in [0.15, 0.2) is 16.6 Å². The van der Waals surface area contributed by atoms with Crippen molar-refractivity contribution >= 4 is 93.4 Å². The van der Waals surface area contributed by atoms with E-state index < -0.39 is 5.54 Å². The number of carbonyl (C=O) groups is 2. The molecule has 13 heteroatoms. The van der Waals surface area contributed by atoms with Crippen LogP contribution in [0.3, 0.4) is 0 Å². The summed E-state index contributed by atoms with van der Waals surface area (Å²) in [6.07, 6.45) is 10.7. The highest BCUT2D eigenvalue weighted by atomic mass is 79.9. The van der Waals surface area contributed by atoms with Gasteiger partial charge in [0.2, 0.25) is 5.91 Å². The highest BCUT2D eigenvalue weighted by Crippen LogP contribution is 2.42. The molecule has 1 unspecified atom stereocenters. The number of rotatable bonds is 15. The number of ether oxygens (including phenoxy) is 2. The fourth-order valence-electron chi connectivity index (χ4n) is 6.88. The van der Waals surface area contributed by atoms with E-state index in [1.165, 1.54) is 11.3 Å². The van der Waals surface area contributed by atoms with Crippen LogP contribution >= 0.6 is 59.1 Å². The molecule has 4 aromatic rings. The first-order valence-electron chi connectivity index (χ1n) is 17.4. The number of aromatic nitrogens is 1. The van der Waals surface area contributed by atoms with Crippen molar-refractivity contribution in [2.45, 2.75) is 63.8 Å². The van der Waals surface area contributed by atoms with E-state index in [4.69, 9.17) is 9.47 Å². The number of hydrogen-bond acceptors (Lipinski definition) is 8. The number of aromatic hydroxyl groups is 1. The van der Waals surface area contributed by atoms with Crippen molar-refractivity contribution in [3.05, 3.63) is 89.7 Å². The predicted molar refractivity (Wildman–Crippen MR) is 218 cm³/mol. The number of nitrogens with zero attached hydrogens (tertiary/aromatic N) is 2. The van der Waals surface area contributed by atoms with E-state index in [-0.39, 0.29) is 24.0 Å². The highest BCUT2D eigenvalue weighted by Gasteiger charge is 2.36. The number of anilines is 2. The molecule has 1 aromatic heterocycles. The Morgan fingerprint density at radius 1 is 1.06 bits per heavy atom. The van der Waals surface area contributed by atoms with Crippen molar-refractivity contribution in [2.75, 3.05) is 37.0 Å². The number of carbonyl (C=O) groups excluding carboxylic acids is 2. The molecule has 2 aliphatic rings. The van der Waals surface area contributed by atoms with Crippen LogP contribution in [0.25, 0.3) is 11.6 Å². The molecule has 0 radical (unpaired) electrons. The first-order valence-corrected chi connectivity index (χ1v) is 20.6. The van der Waals surface area contributed by atoms with Crippen molar-refractivity contribution in [3.63, 3.8) is 0 Å². The van der Waals surface area contributed by atoms with E-state index >= 15 is 0 Å². The van der Waals surface area contributed by atoms with E-state index in [1.807, 2.05) is 40.6 Å². The quantitative estimate of drug-likeness (QED) is 0.0805. The van der Waals surface area contributed by atoms with Gasteiger partial charge in [0.25, 0.3) is 5.91 Å². The zero-order valence-electron chi connectivity index (χ0n) is 29.1. The van der Waals surface area contributed by atoms with E-state index in [9.17, 15) is 14.7 Å². The molecule has 0 bridgehead atoms. The number of fused-ring (bicyclic) bond motifs is 2. The summed E-state index contributed by atoms with van der Waals surface area (Å²) in [5.74, 6) is 1.43. The molecule has 3 aromatic carbocycles. The normalized spacial score (nSPS) is 17.3. The topological polar surface area (TPSA) is 113 Å². The lowest BCUT2D eigenvalue weighted by Gasteiger charge is -2.37. The first-order chi connectivity index (χ1) is 25.1. The Hall–Kier alpha value is -3.23. The molecule has 3 N–H and O–H groups in total. The second-order valence-electron chi connectivity index (χ2n) is 13.2. The molecule has 2 aliphatic heterocycles. The van der Waals surface area contributed by atoms with Crippen LogP contribution in [0.15, 0.2) is 67.5 Å². The van der Waals surface area contributed by atoms with Crippen LogP contribution in [0, 0.1) is 0 Å². The van der Waals surface area contributed by atoms with Crippen molar-refractivity contribution in [1.82, 2.24) is 10.3 Å². The summed E-state index contributed by atoms with van der Waals surface area (Å²) in [7, 11) is 1.66. The Kier molecular flexibility index (Phi) is 12.8. The summed E-state index contributed by atoms with van der Waals surface area (Å²) in [6.45, 7) is 4.05. The summed E-state index contributed by atoms with van der Waals surface area (Å²) in [5.41, 5.74) is 4.93. The van der Waals surface area contributed by atoms with Crippen LogP contribution < -0.4 is 25.0 Å². The zero-order valence-corrected chi connectivity index (χ0v) is 34.6. The molecule has 6 rings (SSSR count). The molecule has 9 nitrogen and oxygen atoms in total. The summed E-state index contributed by atoms with van der Waals surface area (Å²) in [6, 6.07) is 13.7. The average Bonchev–Trinajstić information content (AvgIpc) is 3.71. The monoisotopic (exact) mass is 914 g/mol. The summed E-state index contributed by atoms with van der Waals surface area (Å²) in [5, 5.41) is 19.0. The summed E-state index contributed by atoms with van der Waals surface area (Å²) >= 11 is 11.8. The van der Waals surface area contributed by atoms with Crippen molar-refractivity contribution in [1.29, 1.82) is 0 Å². The maximum atomic E-state index is 13.7. The maximum absolute atomic E-state index is 13.7. The van der Waals surface area contributed by atoms with Crippen LogP contribution in [-0.4, -0.2) is 48.7 Å². The van der Waals surface area contributed by atoms with E-state index in [0.29, 0.717) is 44.3 Å². The number of halogens is 3. The van der Waals surface area contributed by atoms with Crippen molar-refractivity contribution in [2.24, 2.45) is 0 Å². The van der Waals surface area contributed by atoms with Crippen LogP contribution in [0.5, 0.6) is 17.2 Å². The summed E-state index contributed by atoms with van der Waals surface area (Å²) < 4.78 is 14.0. The fourth-order valence-corrected chi connectivity index (χ4v) is 9.01. The second kappa shape index (κ2) is 17.3. The van der Waals surface area contributed by atoms with Crippen LogP contribution in [-0.2, 0) is 21.5 Å². The van der Waals surface area contributed by atoms with Crippen molar-refractivity contribution in [3.8, 4) is 17.2 Å². The van der Waals surface area contributed by atoms with Gasteiger partial charge in [-0.05, 0) is 123 Å². The maximum Gasteiger partial charge on any atom is 0.258 e. The minimum Gasteiger partial charge on any atom is -0.506 e. The lowest BCUT2D eigenvalue weighted by atomic mass is 9.81. The van der Waals surface area contributed by atoms with Gasteiger partial charge in [-0.25, -0.2) is 4.98 Å². The Balaban J connectivity index is 0.976. The van der Waals surface area contributed by atoms with Gasteiger partial charge < -0.3 is 30.1 Å².